The molecule has 1 aromatic carbocycles. The van der Waals surface area contributed by atoms with Crippen LogP contribution < -0.4 is 0 Å². The van der Waals surface area contributed by atoms with Crippen LogP contribution in [0.1, 0.15) is 22.3 Å². The molecule has 16 heavy (non-hydrogen) atoms. The van der Waals surface area contributed by atoms with Crippen LogP contribution >= 0.6 is 0 Å². The van der Waals surface area contributed by atoms with Crippen molar-refractivity contribution in [2.75, 3.05) is 0 Å². The van der Waals surface area contributed by atoms with E-state index < -0.39 is 5.97 Å². The second-order valence-electron chi connectivity index (χ2n) is 3.85. The van der Waals surface area contributed by atoms with Crippen LogP contribution in [0.25, 0.3) is 6.08 Å². The standard InChI is InChI=1S/C14H16O2/c1-10-8-12(3)13(9-11(10)2)6-4-5-7-14(15)16/h4-9H,1-3H3,(H,15,16)/b6-4+,7-5+. The minimum atomic E-state index is -0.929. The summed E-state index contributed by atoms with van der Waals surface area (Å²) in [6, 6.07) is 4.24. The number of allylic oxidation sites excluding steroid dienone is 2. The second-order valence-corrected chi connectivity index (χ2v) is 3.85. The third kappa shape index (κ3) is 3.39. The van der Waals surface area contributed by atoms with Gasteiger partial charge in [0.1, 0.15) is 0 Å². The van der Waals surface area contributed by atoms with E-state index in [9.17, 15) is 4.79 Å². The summed E-state index contributed by atoms with van der Waals surface area (Å²) in [5.41, 5.74) is 4.84. The van der Waals surface area contributed by atoms with Gasteiger partial charge < -0.3 is 5.11 Å². The summed E-state index contributed by atoms with van der Waals surface area (Å²) in [5.74, 6) is -0.929. The quantitative estimate of drug-likeness (QED) is 0.622. The maximum atomic E-state index is 10.3. The lowest BCUT2D eigenvalue weighted by Crippen LogP contribution is -1.87. The van der Waals surface area contributed by atoms with E-state index in [1.165, 1.54) is 22.8 Å². The van der Waals surface area contributed by atoms with Crippen molar-refractivity contribution in [2.45, 2.75) is 20.8 Å². The van der Waals surface area contributed by atoms with Crippen LogP contribution in [0.2, 0.25) is 0 Å². The molecule has 0 radical (unpaired) electrons. The molecule has 0 aliphatic carbocycles. The number of benzene rings is 1. The van der Waals surface area contributed by atoms with Crippen molar-refractivity contribution in [3.63, 3.8) is 0 Å². The number of carboxylic acid groups (broad SMARTS) is 1. The van der Waals surface area contributed by atoms with Gasteiger partial charge in [-0.25, -0.2) is 4.79 Å². The van der Waals surface area contributed by atoms with Crippen molar-refractivity contribution >= 4 is 12.0 Å². The highest BCUT2D eigenvalue weighted by Crippen LogP contribution is 2.16. The van der Waals surface area contributed by atoms with Gasteiger partial charge in [0.25, 0.3) is 0 Å². The predicted octanol–water partition coefficient (Wildman–Crippen LogP) is 3.27. The molecule has 0 saturated carbocycles. The number of rotatable bonds is 3. The molecule has 0 saturated heterocycles. The van der Waals surface area contributed by atoms with Gasteiger partial charge >= 0.3 is 5.97 Å². The third-order valence-corrected chi connectivity index (χ3v) is 2.51. The lowest BCUT2D eigenvalue weighted by atomic mass is 10.0. The van der Waals surface area contributed by atoms with E-state index in [0.717, 1.165) is 11.6 Å². The van der Waals surface area contributed by atoms with Crippen LogP contribution in [0, 0.1) is 20.8 Å². The largest absolute Gasteiger partial charge is 0.478 e. The highest BCUT2D eigenvalue weighted by molar-refractivity contribution is 5.80. The minimum absolute atomic E-state index is 0.929. The van der Waals surface area contributed by atoms with Crippen LogP contribution in [0.4, 0.5) is 0 Å². The fraction of sp³-hybridized carbons (Fsp3) is 0.214. The first-order chi connectivity index (χ1) is 7.50. The third-order valence-electron chi connectivity index (χ3n) is 2.51. The first-order valence-corrected chi connectivity index (χ1v) is 5.16. The Bertz CT molecular complexity index is 454. The van der Waals surface area contributed by atoms with Crippen LogP contribution in [0.5, 0.6) is 0 Å². The Balaban J connectivity index is 2.89. The fourth-order valence-corrected chi connectivity index (χ4v) is 1.46. The predicted molar refractivity (Wildman–Crippen MR) is 66.5 cm³/mol. The molecule has 1 N–H and O–H groups in total. The molecule has 0 aliphatic heterocycles. The average molecular weight is 216 g/mol. The summed E-state index contributed by atoms with van der Waals surface area (Å²) in [7, 11) is 0. The second kappa shape index (κ2) is 5.31. The molecule has 0 unspecified atom stereocenters. The summed E-state index contributed by atoms with van der Waals surface area (Å²) < 4.78 is 0. The van der Waals surface area contributed by atoms with Gasteiger partial charge in [-0.1, -0.05) is 30.4 Å². The van der Waals surface area contributed by atoms with E-state index in [4.69, 9.17) is 5.11 Å². The summed E-state index contributed by atoms with van der Waals surface area (Å²) >= 11 is 0. The van der Waals surface area contributed by atoms with Gasteiger partial charge in [-0.05, 0) is 43.0 Å². The molecule has 84 valence electrons. The lowest BCUT2D eigenvalue weighted by molar-refractivity contribution is -0.131. The molecule has 0 amide bonds. The molecule has 2 heteroatoms. The molecule has 0 aromatic heterocycles. The zero-order valence-corrected chi connectivity index (χ0v) is 9.82. The smallest absolute Gasteiger partial charge is 0.328 e. The maximum Gasteiger partial charge on any atom is 0.328 e. The summed E-state index contributed by atoms with van der Waals surface area (Å²) in [4.78, 5) is 10.3. The van der Waals surface area contributed by atoms with Crippen LogP contribution in [0.15, 0.2) is 30.4 Å². The van der Waals surface area contributed by atoms with Crippen molar-refractivity contribution < 1.29 is 9.90 Å². The minimum Gasteiger partial charge on any atom is -0.478 e. The first-order valence-electron chi connectivity index (χ1n) is 5.16. The number of aryl methyl sites for hydroxylation is 3. The van der Waals surface area contributed by atoms with E-state index in [1.54, 1.807) is 6.08 Å². The van der Waals surface area contributed by atoms with Gasteiger partial charge in [0.15, 0.2) is 0 Å². The van der Waals surface area contributed by atoms with Gasteiger partial charge in [0, 0.05) is 6.08 Å². The number of carbonyl (C=O) groups is 1. The normalized spacial score (nSPS) is 11.4. The zero-order valence-electron chi connectivity index (χ0n) is 9.82. The van der Waals surface area contributed by atoms with Crippen molar-refractivity contribution in [2.24, 2.45) is 0 Å². The Morgan fingerprint density at radius 3 is 2.31 bits per heavy atom. The van der Waals surface area contributed by atoms with Gasteiger partial charge in [-0.2, -0.15) is 0 Å². The SMILES string of the molecule is Cc1cc(C)c(/C=C/C=C/C(=O)O)cc1C. The summed E-state index contributed by atoms with van der Waals surface area (Å²) in [6.45, 7) is 6.20. The molecule has 0 atom stereocenters. The number of hydrogen-bond donors (Lipinski definition) is 1. The Morgan fingerprint density at radius 1 is 1.06 bits per heavy atom. The lowest BCUT2D eigenvalue weighted by Gasteiger charge is -2.05. The van der Waals surface area contributed by atoms with Crippen LogP contribution in [-0.4, -0.2) is 11.1 Å². The molecular formula is C14H16O2. The molecule has 0 spiro atoms. The molecule has 0 bridgehead atoms. The molecule has 0 heterocycles. The topological polar surface area (TPSA) is 37.3 Å². The fourth-order valence-electron chi connectivity index (χ4n) is 1.46. The van der Waals surface area contributed by atoms with E-state index in [1.807, 2.05) is 13.0 Å². The summed E-state index contributed by atoms with van der Waals surface area (Å²) in [6.07, 6.45) is 6.30. The molecule has 1 aromatic rings. The van der Waals surface area contributed by atoms with Crippen LogP contribution in [-0.2, 0) is 4.79 Å². The number of hydrogen-bond acceptors (Lipinski definition) is 1. The van der Waals surface area contributed by atoms with Gasteiger partial charge in [0.05, 0.1) is 0 Å². The van der Waals surface area contributed by atoms with Crippen LogP contribution in [0.3, 0.4) is 0 Å². The molecule has 2 nitrogen and oxygen atoms in total. The molecule has 1 rings (SSSR count). The maximum absolute atomic E-state index is 10.3. The van der Waals surface area contributed by atoms with Gasteiger partial charge in [-0.15, -0.1) is 0 Å². The Morgan fingerprint density at radius 2 is 1.69 bits per heavy atom. The monoisotopic (exact) mass is 216 g/mol. The van der Waals surface area contributed by atoms with Crippen molar-refractivity contribution in [1.29, 1.82) is 0 Å². The van der Waals surface area contributed by atoms with Gasteiger partial charge in [-0.3, -0.25) is 0 Å². The molecular weight excluding hydrogens is 200 g/mol. The van der Waals surface area contributed by atoms with Crippen molar-refractivity contribution in [1.82, 2.24) is 0 Å². The Kier molecular flexibility index (Phi) is 4.06. The zero-order chi connectivity index (χ0) is 12.1. The van der Waals surface area contributed by atoms with Crippen molar-refractivity contribution in [3.8, 4) is 0 Å². The van der Waals surface area contributed by atoms with Gasteiger partial charge in [0.2, 0.25) is 0 Å². The first kappa shape index (κ1) is 12.2. The molecule has 0 fully saturated rings. The Hall–Kier alpha value is -1.83. The number of carboxylic acids is 1. The summed E-state index contributed by atoms with van der Waals surface area (Å²) in [5, 5.41) is 8.43. The van der Waals surface area contributed by atoms with E-state index in [0.29, 0.717) is 0 Å². The highest BCUT2D eigenvalue weighted by atomic mass is 16.4. The van der Waals surface area contributed by atoms with Crippen molar-refractivity contribution in [3.05, 3.63) is 52.6 Å². The van der Waals surface area contributed by atoms with E-state index in [2.05, 4.69) is 26.0 Å². The Labute approximate surface area is 95.9 Å². The van der Waals surface area contributed by atoms with E-state index in [-0.39, 0.29) is 0 Å². The number of aliphatic carboxylic acids is 1. The molecule has 0 aliphatic rings. The average Bonchev–Trinajstić information content (AvgIpc) is 2.19. The highest BCUT2D eigenvalue weighted by Gasteiger charge is 1.97. The van der Waals surface area contributed by atoms with E-state index >= 15 is 0 Å².